The highest BCUT2D eigenvalue weighted by atomic mass is 16.5. The minimum absolute atomic E-state index is 0.165. The molecule has 6 heteroatoms. The van der Waals surface area contributed by atoms with E-state index < -0.39 is 0 Å². The number of anilines is 1. The molecule has 0 aliphatic heterocycles. The van der Waals surface area contributed by atoms with E-state index in [0.29, 0.717) is 13.1 Å². The molecule has 1 aromatic rings. The molecule has 1 amide bonds. The molecule has 0 spiro atoms. The van der Waals surface area contributed by atoms with Crippen LogP contribution < -0.4 is 15.0 Å². The molecule has 1 rings (SSSR count). The second-order valence-electron chi connectivity index (χ2n) is 6.19. The van der Waals surface area contributed by atoms with E-state index in [1.54, 1.807) is 7.11 Å². The van der Waals surface area contributed by atoms with Crippen LogP contribution >= 0.6 is 0 Å². The Balaban J connectivity index is 2.70. The van der Waals surface area contributed by atoms with E-state index in [1.807, 2.05) is 18.2 Å². The summed E-state index contributed by atoms with van der Waals surface area (Å²) in [7, 11) is 3.85. The summed E-state index contributed by atoms with van der Waals surface area (Å²) in [5.41, 5.74) is 1.10. The molecule has 0 fully saturated rings. The van der Waals surface area contributed by atoms with Gasteiger partial charge >= 0.3 is 0 Å². The summed E-state index contributed by atoms with van der Waals surface area (Å²) < 4.78 is 6.25. The maximum atomic E-state index is 10.4. The van der Waals surface area contributed by atoms with Crippen molar-refractivity contribution < 1.29 is 19.1 Å². The number of nitrogens with one attached hydrogen (secondary N) is 1. The second kappa shape index (κ2) is 10.9. The van der Waals surface area contributed by atoms with E-state index in [-0.39, 0.29) is 6.61 Å². The first-order valence-corrected chi connectivity index (χ1v) is 8.59. The smallest absolute Gasteiger partial charge is 0.207 e. The number of rotatable bonds is 13. The fraction of sp³-hybridized carbons (Fsp3) is 0.611. The van der Waals surface area contributed by atoms with Gasteiger partial charge in [-0.1, -0.05) is 12.1 Å². The van der Waals surface area contributed by atoms with Crippen LogP contribution in [-0.4, -0.2) is 76.0 Å². The maximum Gasteiger partial charge on any atom is 0.207 e. The average molecular weight is 338 g/mol. The highest BCUT2D eigenvalue weighted by molar-refractivity contribution is 5.58. The molecule has 1 atom stereocenters. The van der Waals surface area contributed by atoms with Crippen LogP contribution in [0.15, 0.2) is 24.3 Å². The second-order valence-corrected chi connectivity index (χ2v) is 6.19. The Kier molecular flexibility index (Phi) is 9.19. The molecule has 6 nitrogen and oxygen atoms in total. The third-order valence-electron chi connectivity index (χ3n) is 4.46. The zero-order valence-corrected chi connectivity index (χ0v) is 15.2. The zero-order valence-electron chi connectivity index (χ0n) is 15.2. The highest BCUT2D eigenvalue weighted by Crippen LogP contribution is 2.27. The number of nitrogens with zero attached hydrogens (tertiary/aromatic N) is 2. The van der Waals surface area contributed by atoms with Crippen molar-refractivity contribution in [1.29, 1.82) is 0 Å². The van der Waals surface area contributed by atoms with Crippen molar-refractivity contribution in [1.82, 2.24) is 5.32 Å². The van der Waals surface area contributed by atoms with Crippen molar-refractivity contribution >= 4 is 12.1 Å². The molecule has 0 radical (unpaired) electrons. The van der Waals surface area contributed by atoms with Gasteiger partial charge in [0, 0.05) is 19.5 Å². The maximum absolute atomic E-state index is 10.4. The standard InChI is InChI=1S/C18H31N3O3/c1-4-20(17-8-5-6-9-18(17)24-3)11-13-21(2,14-15-22)12-7-10-19-16-23/h5-6,8-9,16,22H,4,7,10-15H2,1-3H3/p+1. The third-order valence-corrected chi connectivity index (χ3v) is 4.46. The predicted octanol–water partition coefficient (Wildman–Crippen LogP) is 1.10. The number of aliphatic hydroxyl groups excluding tert-OH is 1. The number of hydrogen-bond donors (Lipinski definition) is 2. The van der Waals surface area contributed by atoms with E-state index in [9.17, 15) is 9.90 Å². The van der Waals surface area contributed by atoms with E-state index in [2.05, 4.69) is 30.3 Å². The lowest BCUT2D eigenvalue weighted by Crippen LogP contribution is -2.51. The average Bonchev–Trinajstić information content (AvgIpc) is 2.60. The van der Waals surface area contributed by atoms with Crippen LogP contribution in [0.5, 0.6) is 5.75 Å². The molecule has 1 aromatic carbocycles. The number of likely N-dealkylation sites (N-methyl/N-ethyl adjacent to an activating group) is 2. The summed E-state index contributed by atoms with van der Waals surface area (Å²) >= 11 is 0. The van der Waals surface area contributed by atoms with Crippen LogP contribution in [0.25, 0.3) is 0 Å². The van der Waals surface area contributed by atoms with Gasteiger partial charge in [-0.05, 0) is 19.1 Å². The monoisotopic (exact) mass is 338 g/mol. The summed E-state index contributed by atoms with van der Waals surface area (Å²) in [6.07, 6.45) is 1.63. The van der Waals surface area contributed by atoms with Crippen molar-refractivity contribution in [3.05, 3.63) is 24.3 Å². The third kappa shape index (κ3) is 6.37. The first-order valence-electron chi connectivity index (χ1n) is 8.59. The lowest BCUT2D eigenvalue weighted by molar-refractivity contribution is -0.908. The molecule has 24 heavy (non-hydrogen) atoms. The fourth-order valence-corrected chi connectivity index (χ4v) is 2.90. The van der Waals surface area contributed by atoms with Gasteiger partial charge in [0.15, 0.2) is 0 Å². The Morgan fingerprint density at radius 2 is 2.04 bits per heavy atom. The summed E-state index contributed by atoms with van der Waals surface area (Å²) in [5.74, 6) is 0.880. The number of carbonyl (C=O) groups excluding carboxylic acids is 1. The van der Waals surface area contributed by atoms with Gasteiger partial charge < -0.3 is 24.5 Å². The lowest BCUT2D eigenvalue weighted by Gasteiger charge is -2.36. The number of ether oxygens (including phenoxy) is 1. The molecule has 0 saturated carbocycles. The number of para-hydroxylation sites is 2. The van der Waals surface area contributed by atoms with Crippen LogP contribution in [0, 0.1) is 0 Å². The molecule has 1 unspecified atom stereocenters. The lowest BCUT2D eigenvalue weighted by atomic mass is 10.2. The quantitative estimate of drug-likeness (QED) is 0.321. The number of amides is 1. The first-order chi connectivity index (χ1) is 11.6. The van der Waals surface area contributed by atoms with Crippen LogP contribution in [0.2, 0.25) is 0 Å². The van der Waals surface area contributed by atoms with E-state index in [4.69, 9.17) is 4.74 Å². The van der Waals surface area contributed by atoms with Gasteiger partial charge in [-0.25, -0.2) is 0 Å². The van der Waals surface area contributed by atoms with Gasteiger partial charge in [-0.15, -0.1) is 0 Å². The topological polar surface area (TPSA) is 61.8 Å². The molecular weight excluding hydrogens is 306 g/mol. The fourth-order valence-electron chi connectivity index (χ4n) is 2.90. The largest absolute Gasteiger partial charge is 0.495 e. The molecule has 0 bridgehead atoms. The van der Waals surface area contributed by atoms with Crippen LogP contribution in [-0.2, 0) is 4.79 Å². The minimum atomic E-state index is 0.165. The number of benzene rings is 1. The van der Waals surface area contributed by atoms with Crippen molar-refractivity contribution in [2.45, 2.75) is 13.3 Å². The van der Waals surface area contributed by atoms with Crippen molar-refractivity contribution in [3.63, 3.8) is 0 Å². The predicted molar refractivity (Wildman–Crippen MR) is 97.4 cm³/mol. The molecule has 0 aliphatic carbocycles. The van der Waals surface area contributed by atoms with Crippen LogP contribution in [0.4, 0.5) is 5.69 Å². The number of carbonyl (C=O) groups is 1. The molecule has 2 N–H and O–H groups in total. The van der Waals surface area contributed by atoms with Gasteiger partial charge in [0.25, 0.3) is 0 Å². The minimum Gasteiger partial charge on any atom is -0.495 e. The summed E-state index contributed by atoms with van der Waals surface area (Å²) in [6, 6.07) is 8.05. The number of hydrogen-bond acceptors (Lipinski definition) is 4. The Labute approximate surface area is 145 Å². The van der Waals surface area contributed by atoms with Gasteiger partial charge in [0.2, 0.25) is 6.41 Å². The number of aliphatic hydroxyl groups is 1. The Morgan fingerprint density at radius 3 is 2.67 bits per heavy atom. The summed E-state index contributed by atoms with van der Waals surface area (Å²) in [4.78, 5) is 12.7. The SMILES string of the molecule is CCN(CC[N+](C)(CCO)CCCNC=O)c1ccccc1OC. The molecule has 136 valence electrons. The van der Waals surface area contributed by atoms with Crippen molar-refractivity contribution in [2.24, 2.45) is 0 Å². The van der Waals surface area contributed by atoms with Crippen molar-refractivity contribution in [3.8, 4) is 5.75 Å². The molecule has 0 aliphatic rings. The van der Waals surface area contributed by atoms with E-state index in [1.165, 1.54) is 0 Å². The van der Waals surface area contributed by atoms with Crippen LogP contribution in [0.3, 0.4) is 0 Å². The van der Waals surface area contributed by atoms with Gasteiger partial charge in [0.05, 0.1) is 46.1 Å². The number of methoxy groups -OCH3 is 1. The molecule has 0 heterocycles. The molecular formula is C18H32N3O3+. The summed E-state index contributed by atoms with van der Waals surface area (Å²) in [5, 5.41) is 12.1. The van der Waals surface area contributed by atoms with E-state index in [0.717, 1.165) is 54.9 Å². The Hall–Kier alpha value is -1.79. The first kappa shape index (κ1) is 20.3. The molecule has 0 saturated heterocycles. The number of quaternary nitrogens is 1. The van der Waals surface area contributed by atoms with E-state index >= 15 is 0 Å². The Morgan fingerprint density at radius 1 is 1.29 bits per heavy atom. The van der Waals surface area contributed by atoms with Crippen LogP contribution in [0.1, 0.15) is 13.3 Å². The van der Waals surface area contributed by atoms with Crippen molar-refractivity contribution in [2.75, 3.05) is 64.9 Å². The zero-order chi connectivity index (χ0) is 17.8. The summed E-state index contributed by atoms with van der Waals surface area (Å²) in [6.45, 7) is 7.31. The highest BCUT2D eigenvalue weighted by Gasteiger charge is 2.22. The van der Waals surface area contributed by atoms with Gasteiger partial charge in [-0.3, -0.25) is 4.79 Å². The molecule has 0 aromatic heterocycles. The van der Waals surface area contributed by atoms with Gasteiger partial charge in [0.1, 0.15) is 12.3 Å². The normalized spacial score (nSPS) is 13.2. The Bertz CT molecular complexity index is 484. The van der Waals surface area contributed by atoms with Gasteiger partial charge in [-0.2, -0.15) is 0 Å².